The fraction of sp³-hybridized carbons (Fsp3) is 0.568. The van der Waals surface area contributed by atoms with Crippen LogP contribution in [0.15, 0.2) is 52.9 Å². The lowest BCUT2D eigenvalue weighted by atomic mass is 9.70. The molecule has 7 atom stereocenters. The summed E-state index contributed by atoms with van der Waals surface area (Å²) in [5.74, 6) is 1.15. The highest BCUT2D eigenvalue weighted by molar-refractivity contribution is 7.92. The smallest absolute Gasteiger partial charge is 0.327 e. The highest BCUT2D eigenvalue weighted by atomic mass is 35.5. The fourth-order valence-corrected chi connectivity index (χ4v) is 9.42. The van der Waals surface area contributed by atoms with Crippen LogP contribution in [-0.4, -0.2) is 54.3 Å². The lowest BCUT2D eigenvalue weighted by Gasteiger charge is -2.43. The quantitative estimate of drug-likeness (QED) is 0.325. The number of aryl methyl sites for hydroxylation is 1. The molecule has 2 aromatic rings. The number of methoxy groups -OCH3 is 1. The van der Waals surface area contributed by atoms with E-state index in [4.69, 9.17) is 21.1 Å². The van der Waals surface area contributed by atoms with Gasteiger partial charge in [-0.05, 0) is 110 Å². The molecule has 0 spiro atoms. The van der Waals surface area contributed by atoms with Crippen molar-refractivity contribution in [1.29, 1.82) is 0 Å². The van der Waals surface area contributed by atoms with Crippen molar-refractivity contribution < 1.29 is 23.3 Å². The number of carbonyl (C=O) groups excluding carboxylic acids is 2. The molecule has 2 aliphatic heterocycles. The van der Waals surface area contributed by atoms with Gasteiger partial charge in [0.1, 0.15) is 15.7 Å². The number of benzene rings is 2. The van der Waals surface area contributed by atoms with E-state index in [-0.39, 0.29) is 23.8 Å². The lowest BCUT2D eigenvalue weighted by Crippen LogP contribution is -2.43. The minimum absolute atomic E-state index is 0.0432. The molecule has 48 heavy (non-hydrogen) atoms. The predicted molar refractivity (Wildman–Crippen MR) is 191 cm³/mol. The second-order valence-electron chi connectivity index (χ2n) is 14.0. The maximum absolute atomic E-state index is 14.4. The number of ether oxygens (including phenoxy) is 2. The average Bonchev–Trinajstić information content (AvgIpc) is 3.79. The van der Waals surface area contributed by atoms with E-state index in [1.807, 2.05) is 25.1 Å². The summed E-state index contributed by atoms with van der Waals surface area (Å²) in [4.78, 5) is 29.2. The number of nitrogens with one attached hydrogen (secondary N) is 2. The molecule has 1 unspecified atom stereocenters. The number of hydrogen-bond acceptors (Lipinski definition) is 6. The van der Waals surface area contributed by atoms with Gasteiger partial charge in [-0.1, -0.05) is 50.1 Å². The number of urea groups is 1. The molecule has 0 radical (unpaired) electrons. The summed E-state index contributed by atoms with van der Waals surface area (Å²) < 4.78 is 33.6. The molecule has 2 heterocycles. The first-order valence-corrected chi connectivity index (χ1v) is 19.6. The van der Waals surface area contributed by atoms with E-state index in [0.29, 0.717) is 48.6 Å². The van der Waals surface area contributed by atoms with Gasteiger partial charge in [0.2, 0.25) is 0 Å². The molecule has 2 bridgehead atoms. The van der Waals surface area contributed by atoms with Crippen LogP contribution in [-0.2, 0) is 27.6 Å². The van der Waals surface area contributed by atoms with Crippen LogP contribution in [0, 0.1) is 23.7 Å². The first-order valence-electron chi connectivity index (χ1n) is 17.5. The Morgan fingerprint density at radius 1 is 1.17 bits per heavy atom. The van der Waals surface area contributed by atoms with Crippen molar-refractivity contribution in [2.45, 2.75) is 83.9 Å². The van der Waals surface area contributed by atoms with Crippen LogP contribution >= 0.6 is 11.6 Å². The highest BCUT2D eigenvalue weighted by Gasteiger charge is 2.39. The summed E-state index contributed by atoms with van der Waals surface area (Å²) in [7, 11) is -1.69. The monoisotopic (exact) mass is 696 g/mol. The third kappa shape index (κ3) is 8.37. The standard InChI is InChI=1S/C37H49ClN4O5S/c1-4-25-19-32(25)39-37(44)41-48(45)23-24(2)8-7-10-34(46-3)31-15-12-29(31)22-42-21-28-11-14-30(38)18-26(28)9-5-6-17-47-35-16-13-27(20-33(35)42)36(43)40-48/h7,10-11,13-14,16,18,20,24-25,29,31-32,34H,4-6,8-9,12,15,17,19,21-23H2,1-3H3,(H2,39,40,41,43,44,45)/b10-7+/t24-,25+,29-,31+,32?,34-,48-/m0/s1. The minimum Gasteiger partial charge on any atom is -0.491 e. The Labute approximate surface area is 290 Å². The van der Waals surface area contributed by atoms with Crippen molar-refractivity contribution in [2.75, 3.05) is 30.9 Å². The van der Waals surface area contributed by atoms with Crippen LogP contribution in [0.2, 0.25) is 5.02 Å². The number of rotatable bonds is 4. The van der Waals surface area contributed by atoms with Crippen LogP contribution in [0.1, 0.15) is 80.3 Å². The first kappa shape index (κ1) is 34.8. The molecule has 4 aliphatic rings. The molecule has 2 aromatic carbocycles. The molecule has 11 heteroatoms. The maximum Gasteiger partial charge on any atom is 0.327 e. The van der Waals surface area contributed by atoms with Crippen molar-refractivity contribution in [3.63, 3.8) is 0 Å². The molecule has 260 valence electrons. The van der Waals surface area contributed by atoms with Gasteiger partial charge < -0.3 is 19.7 Å². The van der Waals surface area contributed by atoms with Crippen molar-refractivity contribution in [1.82, 2.24) is 10.0 Å². The Hall–Kier alpha value is -3.08. The SMILES string of the molecule is CC[C@@H]1CC1NC(=O)N[S@@]1(=O)=NC(=O)c2ccc3c(c2)N(Cc2ccc(Cl)cc2CCCCO3)C[C@@H]2CC[C@H]2[C@@H](OC)/C=C/C[C@H](C)C1. The van der Waals surface area contributed by atoms with Crippen molar-refractivity contribution in [2.24, 2.45) is 28.0 Å². The predicted octanol–water partition coefficient (Wildman–Crippen LogP) is 7.32. The van der Waals surface area contributed by atoms with E-state index < -0.39 is 21.9 Å². The van der Waals surface area contributed by atoms with Gasteiger partial charge in [-0.25, -0.2) is 9.00 Å². The first-order chi connectivity index (χ1) is 23.1. The number of carbonyl (C=O) groups is 2. The molecule has 2 fully saturated rings. The highest BCUT2D eigenvalue weighted by Crippen LogP contribution is 2.42. The van der Waals surface area contributed by atoms with Crippen LogP contribution < -0.4 is 19.7 Å². The van der Waals surface area contributed by atoms with Crippen molar-refractivity contribution in [3.8, 4) is 5.75 Å². The van der Waals surface area contributed by atoms with E-state index >= 15 is 0 Å². The zero-order valence-corrected chi connectivity index (χ0v) is 29.9. The van der Waals surface area contributed by atoms with E-state index in [1.165, 1.54) is 11.1 Å². The van der Waals surface area contributed by atoms with Crippen molar-refractivity contribution >= 4 is 39.1 Å². The number of amides is 3. The number of hydrogen-bond donors (Lipinski definition) is 2. The molecule has 6 rings (SSSR count). The molecular weight excluding hydrogens is 648 g/mol. The van der Waals surface area contributed by atoms with E-state index in [0.717, 1.165) is 62.2 Å². The van der Waals surface area contributed by atoms with Crippen LogP contribution in [0.3, 0.4) is 0 Å². The number of anilines is 1. The maximum atomic E-state index is 14.4. The summed E-state index contributed by atoms with van der Waals surface area (Å²) in [5.41, 5.74) is 3.51. The Morgan fingerprint density at radius 3 is 2.77 bits per heavy atom. The molecule has 3 amide bonds. The number of fused-ring (bicyclic) bond motifs is 3. The Morgan fingerprint density at radius 2 is 2.02 bits per heavy atom. The third-order valence-corrected chi connectivity index (χ3v) is 12.6. The normalized spacial score (nSPS) is 31.3. The van der Waals surface area contributed by atoms with Crippen LogP contribution in [0.5, 0.6) is 5.75 Å². The fourth-order valence-electron chi connectivity index (χ4n) is 7.39. The van der Waals surface area contributed by atoms with Crippen molar-refractivity contribution in [3.05, 3.63) is 70.3 Å². The summed E-state index contributed by atoms with van der Waals surface area (Å²) in [6, 6.07) is 11.0. The molecule has 0 saturated heterocycles. The van der Waals surface area contributed by atoms with Gasteiger partial charge in [0, 0.05) is 36.8 Å². The molecule has 9 nitrogen and oxygen atoms in total. The number of halogens is 1. The van der Waals surface area contributed by atoms with Gasteiger partial charge in [0.05, 0.1) is 24.2 Å². The Balaban J connectivity index is 1.41. The zero-order valence-electron chi connectivity index (χ0n) is 28.3. The topological polar surface area (TPSA) is 109 Å². The average molecular weight is 697 g/mol. The summed E-state index contributed by atoms with van der Waals surface area (Å²) in [6.45, 7) is 5.96. The van der Waals surface area contributed by atoms with Gasteiger partial charge >= 0.3 is 6.03 Å². The Kier molecular flexibility index (Phi) is 11.0. The van der Waals surface area contributed by atoms with Crippen LogP contribution in [0.4, 0.5) is 10.5 Å². The Bertz CT molecular complexity index is 1660. The molecule has 2 aliphatic carbocycles. The zero-order chi connectivity index (χ0) is 33.8. The molecule has 0 aromatic heterocycles. The second kappa shape index (κ2) is 15.2. The van der Waals surface area contributed by atoms with E-state index in [2.05, 4.69) is 50.5 Å². The third-order valence-electron chi connectivity index (χ3n) is 10.4. The number of nitrogens with zero attached hydrogens (tertiary/aromatic N) is 2. The second-order valence-corrected chi connectivity index (χ2v) is 16.5. The van der Waals surface area contributed by atoms with Crippen LogP contribution in [0.25, 0.3) is 0 Å². The minimum atomic E-state index is -3.45. The molecular formula is C37H49ClN4O5S. The number of allylic oxidation sites excluding steroid dienone is 1. The van der Waals surface area contributed by atoms with Gasteiger partial charge in [-0.2, -0.15) is 0 Å². The summed E-state index contributed by atoms with van der Waals surface area (Å²) in [6.07, 6.45) is 11.5. The summed E-state index contributed by atoms with van der Waals surface area (Å²) in [5, 5.41) is 3.64. The van der Waals surface area contributed by atoms with E-state index in [9.17, 15) is 13.8 Å². The van der Waals surface area contributed by atoms with Gasteiger partial charge in [-0.15, -0.1) is 4.36 Å². The molecule has 2 N–H and O–H groups in total. The lowest BCUT2D eigenvalue weighted by molar-refractivity contribution is 0.0133. The van der Waals surface area contributed by atoms with Gasteiger partial charge in [0.25, 0.3) is 5.91 Å². The molecule has 2 saturated carbocycles. The van der Waals surface area contributed by atoms with Gasteiger partial charge in [0.15, 0.2) is 0 Å². The largest absolute Gasteiger partial charge is 0.491 e. The van der Waals surface area contributed by atoms with E-state index in [1.54, 1.807) is 13.2 Å². The summed E-state index contributed by atoms with van der Waals surface area (Å²) >= 11 is 6.46. The van der Waals surface area contributed by atoms with Gasteiger partial charge in [-0.3, -0.25) is 9.52 Å².